The summed E-state index contributed by atoms with van der Waals surface area (Å²) < 4.78 is 0.898. The van der Waals surface area contributed by atoms with Crippen molar-refractivity contribution in [1.82, 2.24) is 5.32 Å². The molecule has 3 heteroatoms. The summed E-state index contributed by atoms with van der Waals surface area (Å²) in [5.74, 6) is 1.39. The van der Waals surface area contributed by atoms with E-state index >= 15 is 0 Å². The van der Waals surface area contributed by atoms with Crippen LogP contribution in [-0.2, 0) is 6.42 Å². The molecule has 1 rings (SSSR count). The molecule has 1 N–H and O–H groups in total. The second kappa shape index (κ2) is 6.63. The Morgan fingerprint density at radius 2 is 1.94 bits per heavy atom. The van der Waals surface area contributed by atoms with Crippen LogP contribution in [-0.4, -0.2) is 12.6 Å². The highest BCUT2D eigenvalue weighted by Crippen LogP contribution is 2.26. The number of rotatable bonds is 6. The maximum atomic E-state index is 5.95. The zero-order valence-electron chi connectivity index (χ0n) is 10.6. The van der Waals surface area contributed by atoms with Gasteiger partial charge in [0.25, 0.3) is 0 Å². The summed E-state index contributed by atoms with van der Waals surface area (Å²) in [7, 11) is 0. The predicted molar refractivity (Wildman–Crippen MR) is 74.5 cm³/mol. The summed E-state index contributed by atoms with van der Waals surface area (Å²) in [5.41, 5.74) is 0. The molecule has 0 amide bonds. The molecule has 0 aliphatic rings. The van der Waals surface area contributed by atoms with Gasteiger partial charge in [0.05, 0.1) is 4.34 Å². The van der Waals surface area contributed by atoms with Gasteiger partial charge in [0.15, 0.2) is 0 Å². The molecule has 0 radical (unpaired) electrons. The third kappa shape index (κ3) is 4.86. The first kappa shape index (κ1) is 14.0. The van der Waals surface area contributed by atoms with Crippen molar-refractivity contribution in [2.75, 3.05) is 6.54 Å². The van der Waals surface area contributed by atoms with Gasteiger partial charge < -0.3 is 5.32 Å². The zero-order valence-corrected chi connectivity index (χ0v) is 12.2. The van der Waals surface area contributed by atoms with Crippen molar-refractivity contribution in [3.05, 3.63) is 21.3 Å². The van der Waals surface area contributed by atoms with E-state index in [1.807, 2.05) is 6.07 Å². The minimum atomic E-state index is 0.563. The van der Waals surface area contributed by atoms with Gasteiger partial charge in [-0.3, -0.25) is 0 Å². The van der Waals surface area contributed by atoms with Crippen LogP contribution in [0.1, 0.15) is 32.6 Å². The summed E-state index contributed by atoms with van der Waals surface area (Å²) in [6, 6.07) is 4.71. The van der Waals surface area contributed by atoms with Crippen LogP contribution < -0.4 is 5.32 Å². The van der Waals surface area contributed by atoms with E-state index in [1.165, 1.54) is 4.88 Å². The number of hydrogen-bond donors (Lipinski definition) is 1. The Morgan fingerprint density at radius 3 is 2.38 bits per heavy atom. The minimum absolute atomic E-state index is 0.563. The molecule has 0 aromatic carbocycles. The van der Waals surface area contributed by atoms with Gasteiger partial charge >= 0.3 is 0 Å². The van der Waals surface area contributed by atoms with Crippen molar-refractivity contribution in [1.29, 1.82) is 0 Å². The van der Waals surface area contributed by atoms with Gasteiger partial charge in [0, 0.05) is 10.9 Å². The molecule has 1 nitrogen and oxygen atoms in total. The third-order valence-electron chi connectivity index (χ3n) is 2.82. The Balaban J connectivity index is 2.51. The van der Waals surface area contributed by atoms with Crippen LogP contribution in [0.5, 0.6) is 0 Å². The molecule has 0 aliphatic heterocycles. The highest BCUT2D eigenvalue weighted by molar-refractivity contribution is 7.16. The molecule has 0 fully saturated rings. The second-order valence-corrected chi connectivity index (χ2v) is 6.78. The fourth-order valence-electron chi connectivity index (χ4n) is 1.65. The Labute approximate surface area is 108 Å². The fourth-order valence-corrected chi connectivity index (χ4v) is 2.83. The standard InChI is InChI=1S/C13H22ClNS/c1-9(2)11(8-15-10(3)4)7-12-5-6-13(14)16-12/h5-6,9-11,15H,7-8H2,1-4H3. The minimum Gasteiger partial charge on any atom is -0.314 e. The number of halogens is 1. The Bertz CT molecular complexity index is 307. The molecule has 1 aromatic rings. The molecule has 1 heterocycles. The van der Waals surface area contributed by atoms with E-state index in [4.69, 9.17) is 11.6 Å². The molecule has 1 atom stereocenters. The Hall–Kier alpha value is -0.0500. The molecular weight excluding hydrogens is 238 g/mol. The van der Waals surface area contributed by atoms with Crippen LogP contribution in [0.2, 0.25) is 4.34 Å². The van der Waals surface area contributed by atoms with E-state index in [0.29, 0.717) is 17.9 Å². The van der Waals surface area contributed by atoms with E-state index in [0.717, 1.165) is 17.3 Å². The van der Waals surface area contributed by atoms with E-state index in [9.17, 15) is 0 Å². The summed E-state index contributed by atoms with van der Waals surface area (Å²) in [5, 5.41) is 3.53. The van der Waals surface area contributed by atoms with Crippen LogP contribution >= 0.6 is 22.9 Å². The lowest BCUT2D eigenvalue weighted by Crippen LogP contribution is -2.32. The monoisotopic (exact) mass is 259 g/mol. The van der Waals surface area contributed by atoms with E-state index in [1.54, 1.807) is 11.3 Å². The molecule has 0 spiro atoms. The molecule has 0 bridgehead atoms. The van der Waals surface area contributed by atoms with Crippen LogP contribution in [0.3, 0.4) is 0 Å². The number of nitrogens with one attached hydrogen (secondary N) is 1. The topological polar surface area (TPSA) is 12.0 Å². The molecule has 16 heavy (non-hydrogen) atoms. The second-order valence-electron chi connectivity index (χ2n) is 4.98. The maximum absolute atomic E-state index is 5.95. The highest BCUT2D eigenvalue weighted by Gasteiger charge is 2.15. The maximum Gasteiger partial charge on any atom is 0.0931 e. The average molecular weight is 260 g/mol. The molecule has 1 unspecified atom stereocenters. The Morgan fingerprint density at radius 1 is 1.25 bits per heavy atom. The van der Waals surface area contributed by atoms with Gasteiger partial charge in [-0.1, -0.05) is 39.3 Å². The van der Waals surface area contributed by atoms with Gasteiger partial charge in [-0.25, -0.2) is 0 Å². The summed E-state index contributed by atoms with van der Waals surface area (Å²) in [6.07, 6.45) is 1.13. The van der Waals surface area contributed by atoms with Crippen LogP contribution in [0.15, 0.2) is 12.1 Å². The summed E-state index contributed by atoms with van der Waals surface area (Å²) >= 11 is 7.66. The van der Waals surface area contributed by atoms with Crippen molar-refractivity contribution >= 4 is 22.9 Å². The summed E-state index contributed by atoms with van der Waals surface area (Å²) in [4.78, 5) is 1.40. The van der Waals surface area contributed by atoms with Crippen molar-refractivity contribution in [3.63, 3.8) is 0 Å². The largest absolute Gasteiger partial charge is 0.314 e. The molecule has 0 saturated carbocycles. The molecule has 0 saturated heterocycles. The van der Waals surface area contributed by atoms with Gasteiger partial charge in [-0.15, -0.1) is 11.3 Å². The normalized spacial score (nSPS) is 13.7. The highest BCUT2D eigenvalue weighted by atomic mass is 35.5. The first-order valence-corrected chi connectivity index (χ1v) is 7.16. The average Bonchev–Trinajstić information content (AvgIpc) is 2.57. The van der Waals surface area contributed by atoms with Crippen molar-refractivity contribution < 1.29 is 0 Å². The predicted octanol–water partition coefficient (Wildman–Crippen LogP) is 4.21. The number of hydrogen-bond acceptors (Lipinski definition) is 2. The smallest absolute Gasteiger partial charge is 0.0931 e. The van der Waals surface area contributed by atoms with Crippen LogP contribution in [0, 0.1) is 11.8 Å². The lowest BCUT2D eigenvalue weighted by atomic mass is 9.91. The Kier molecular flexibility index (Phi) is 5.81. The van der Waals surface area contributed by atoms with Crippen molar-refractivity contribution in [2.24, 2.45) is 11.8 Å². The van der Waals surface area contributed by atoms with E-state index < -0.39 is 0 Å². The van der Waals surface area contributed by atoms with Gasteiger partial charge in [-0.2, -0.15) is 0 Å². The third-order valence-corrected chi connectivity index (χ3v) is 4.08. The molecule has 0 aliphatic carbocycles. The quantitative estimate of drug-likeness (QED) is 0.807. The van der Waals surface area contributed by atoms with Crippen LogP contribution in [0.4, 0.5) is 0 Å². The summed E-state index contributed by atoms with van der Waals surface area (Å²) in [6.45, 7) is 10.1. The molecule has 92 valence electrons. The lowest BCUT2D eigenvalue weighted by Gasteiger charge is -2.22. The first-order chi connectivity index (χ1) is 7.49. The van der Waals surface area contributed by atoms with Crippen molar-refractivity contribution in [3.8, 4) is 0 Å². The van der Waals surface area contributed by atoms with Crippen molar-refractivity contribution in [2.45, 2.75) is 40.2 Å². The van der Waals surface area contributed by atoms with Gasteiger partial charge in [-0.05, 0) is 36.9 Å². The fraction of sp³-hybridized carbons (Fsp3) is 0.692. The molecule has 1 aromatic heterocycles. The van der Waals surface area contributed by atoms with Gasteiger partial charge in [0.2, 0.25) is 0 Å². The van der Waals surface area contributed by atoms with E-state index in [-0.39, 0.29) is 0 Å². The SMILES string of the molecule is CC(C)NCC(Cc1ccc(Cl)s1)C(C)C. The zero-order chi connectivity index (χ0) is 12.1. The first-order valence-electron chi connectivity index (χ1n) is 5.96. The van der Waals surface area contributed by atoms with E-state index in [2.05, 4.69) is 39.1 Å². The van der Waals surface area contributed by atoms with Gasteiger partial charge in [0.1, 0.15) is 0 Å². The molecular formula is C13H22ClNS. The van der Waals surface area contributed by atoms with Crippen LogP contribution in [0.25, 0.3) is 0 Å². The lowest BCUT2D eigenvalue weighted by molar-refractivity contribution is 0.351. The number of thiophene rings is 1.